The number of ether oxygens (including phenoxy) is 4. The summed E-state index contributed by atoms with van der Waals surface area (Å²) < 4.78 is 25.8. The van der Waals surface area contributed by atoms with Gasteiger partial charge in [-0.05, 0) is 87.9 Å². The maximum Gasteiger partial charge on any atom is 0.338 e. The van der Waals surface area contributed by atoms with E-state index in [4.69, 9.17) is 29.0 Å². The first-order chi connectivity index (χ1) is 24.1. The predicted octanol–water partition coefficient (Wildman–Crippen LogP) is 5.37. The van der Waals surface area contributed by atoms with E-state index in [-0.39, 0.29) is 35.3 Å². The molecule has 256 valence electrons. The maximum absolute atomic E-state index is 14.4. The Balaban J connectivity index is 1.53. The Morgan fingerprint density at radius 3 is 2.42 bits per heavy atom. The van der Waals surface area contributed by atoms with Crippen molar-refractivity contribution in [3.8, 4) is 34.2 Å². The third-order valence-electron chi connectivity index (χ3n) is 7.82. The Morgan fingerprint density at radius 2 is 1.76 bits per heavy atom. The van der Waals surface area contributed by atoms with Crippen LogP contribution in [0.4, 0.5) is 0 Å². The van der Waals surface area contributed by atoms with Gasteiger partial charge < -0.3 is 18.9 Å². The van der Waals surface area contributed by atoms with Crippen molar-refractivity contribution in [1.29, 1.82) is 0 Å². The van der Waals surface area contributed by atoms with Gasteiger partial charge in [0.25, 0.3) is 5.56 Å². The van der Waals surface area contributed by atoms with Gasteiger partial charge in [-0.2, -0.15) is 5.10 Å². The van der Waals surface area contributed by atoms with Crippen LogP contribution in [-0.2, 0) is 14.3 Å². The number of fused-ring (bicyclic) bond motifs is 1. The molecule has 1 unspecified atom stereocenters. The van der Waals surface area contributed by atoms with Crippen LogP contribution in [0.2, 0.25) is 0 Å². The van der Waals surface area contributed by atoms with Crippen molar-refractivity contribution in [2.75, 3.05) is 13.7 Å². The predicted molar refractivity (Wildman–Crippen MR) is 189 cm³/mol. The van der Waals surface area contributed by atoms with Crippen molar-refractivity contribution < 1.29 is 28.5 Å². The first-order valence-corrected chi connectivity index (χ1v) is 16.9. The minimum Gasteiger partial charge on any atom is -0.493 e. The molecule has 1 atom stereocenters. The minimum atomic E-state index is -0.896. The van der Waals surface area contributed by atoms with Gasteiger partial charge in [0.2, 0.25) is 0 Å². The fraction of sp³-hybridized carbons (Fsp3) is 0.237. The quantitative estimate of drug-likeness (QED) is 0.141. The van der Waals surface area contributed by atoms with Crippen molar-refractivity contribution in [2.24, 2.45) is 4.99 Å². The van der Waals surface area contributed by atoms with E-state index in [0.29, 0.717) is 31.9 Å². The third kappa shape index (κ3) is 6.88. The number of thiazole rings is 1. The Kier molecular flexibility index (Phi) is 9.82. The Hall–Kier alpha value is -5.75. The standard InChI is InChI=1S/C38H36N4O7S/c1-7-47-37(45)33-23(4)39-38-42(35(33)26-15-18-30(49-24(5)43)31(19-26)46-6)36(44)32(50-38)20-27-21-41(28-11-9-8-10-12-28)40-34(27)25-13-16-29(17-14-25)48-22(2)3/h8-22,35H,7H2,1-6H3. The van der Waals surface area contributed by atoms with Gasteiger partial charge in [0.1, 0.15) is 11.4 Å². The molecule has 6 rings (SSSR count). The van der Waals surface area contributed by atoms with Gasteiger partial charge in [-0.15, -0.1) is 0 Å². The average Bonchev–Trinajstić information content (AvgIpc) is 3.65. The van der Waals surface area contributed by atoms with Crippen molar-refractivity contribution in [1.82, 2.24) is 14.3 Å². The van der Waals surface area contributed by atoms with Crippen LogP contribution in [0.3, 0.4) is 0 Å². The number of esters is 2. The third-order valence-corrected chi connectivity index (χ3v) is 8.81. The smallest absolute Gasteiger partial charge is 0.338 e. The molecular formula is C38H36N4O7S. The van der Waals surface area contributed by atoms with E-state index < -0.39 is 18.0 Å². The average molecular weight is 693 g/mol. The Labute approximate surface area is 292 Å². The highest BCUT2D eigenvalue weighted by Crippen LogP contribution is 2.36. The molecule has 0 amide bonds. The summed E-state index contributed by atoms with van der Waals surface area (Å²) in [5.74, 6) is 0.113. The van der Waals surface area contributed by atoms with Crippen molar-refractivity contribution in [2.45, 2.75) is 46.8 Å². The number of hydrogen-bond donors (Lipinski definition) is 0. The molecule has 0 N–H and O–H groups in total. The molecule has 0 bridgehead atoms. The molecule has 1 aliphatic rings. The number of para-hydroxylation sites is 1. The van der Waals surface area contributed by atoms with Crippen molar-refractivity contribution >= 4 is 29.4 Å². The zero-order valence-corrected chi connectivity index (χ0v) is 29.3. The summed E-state index contributed by atoms with van der Waals surface area (Å²) >= 11 is 1.21. The lowest BCUT2D eigenvalue weighted by atomic mass is 9.95. The molecule has 0 fully saturated rings. The van der Waals surface area contributed by atoms with E-state index in [0.717, 1.165) is 17.0 Å². The highest BCUT2D eigenvalue weighted by molar-refractivity contribution is 7.07. The summed E-state index contributed by atoms with van der Waals surface area (Å²) in [4.78, 5) is 44.7. The molecule has 50 heavy (non-hydrogen) atoms. The van der Waals surface area contributed by atoms with Crippen molar-refractivity contribution in [3.05, 3.63) is 121 Å². The molecule has 1 aliphatic heterocycles. The van der Waals surface area contributed by atoms with Gasteiger partial charge >= 0.3 is 11.9 Å². The first-order valence-electron chi connectivity index (χ1n) is 16.1. The van der Waals surface area contributed by atoms with E-state index in [2.05, 4.69) is 0 Å². The number of carbonyl (C=O) groups is 2. The monoisotopic (exact) mass is 692 g/mol. The summed E-state index contributed by atoms with van der Waals surface area (Å²) in [6, 6.07) is 21.4. The number of allylic oxidation sites excluding steroid dienone is 1. The highest BCUT2D eigenvalue weighted by atomic mass is 32.1. The van der Waals surface area contributed by atoms with Crippen LogP contribution >= 0.6 is 11.3 Å². The molecule has 11 nitrogen and oxygen atoms in total. The summed E-state index contributed by atoms with van der Waals surface area (Å²) in [5.41, 5.74) is 3.91. The lowest BCUT2D eigenvalue weighted by molar-refractivity contribution is -0.139. The number of hydrogen-bond acceptors (Lipinski definition) is 10. The molecule has 0 saturated carbocycles. The first kappa shape index (κ1) is 34.1. The zero-order valence-electron chi connectivity index (χ0n) is 28.5. The topological polar surface area (TPSA) is 123 Å². The molecule has 0 aliphatic carbocycles. The fourth-order valence-corrected chi connectivity index (χ4v) is 6.77. The maximum atomic E-state index is 14.4. The minimum absolute atomic E-state index is 0.0319. The summed E-state index contributed by atoms with van der Waals surface area (Å²) in [6.07, 6.45) is 3.71. The number of methoxy groups -OCH3 is 1. The van der Waals surface area contributed by atoms with Crippen molar-refractivity contribution in [3.63, 3.8) is 0 Å². The van der Waals surface area contributed by atoms with Crippen LogP contribution in [0.1, 0.15) is 51.8 Å². The number of benzene rings is 3. The molecule has 12 heteroatoms. The van der Waals surface area contributed by atoms with Gasteiger partial charge in [0.05, 0.1) is 47.4 Å². The fourth-order valence-electron chi connectivity index (χ4n) is 5.74. The van der Waals surface area contributed by atoms with Gasteiger partial charge in [-0.1, -0.05) is 35.6 Å². The Bertz CT molecular complexity index is 2280. The van der Waals surface area contributed by atoms with Gasteiger partial charge in [0.15, 0.2) is 16.3 Å². The molecule has 0 spiro atoms. The van der Waals surface area contributed by atoms with Crippen LogP contribution in [0, 0.1) is 0 Å². The van der Waals surface area contributed by atoms with Crippen LogP contribution < -0.4 is 29.1 Å². The molecule has 3 aromatic carbocycles. The molecule has 0 radical (unpaired) electrons. The summed E-state index contributed by atoms with van der Waals surface area (Å²) in [6.45, 7) is 8.81. The largest absolute Gasteiger partial charge is 0.493 e. The van der Waals surface area contributed by atoms with Gasteiger partial charge in [-0.3, -0.25) is 14.2 Å². The van der Waals surface area contributed by atoms with E-state index in [1.165, 1.54) is 29.9 Å². The van der Waals surface area contributed by atoms with E-state index >= 15 is 0 Å². The van der Waals surface area contributed by atoms with E-state index in [9.17, 15) is 14.4 Å². The second-order valence-corrected chi connectivity index (χ2v) is 12.7. The van der Waals surface area contributed by atoms with E-state index in [1.807, 2.05) is 74.6 Å². The van der Waals surface area contributed by atoms with Crippen LogP contribution in [0.5, 0.6) is 17.2 Å². The Morgan fingerprint density at radius 1 is 1.02 bits per heavy atom. The second-order valence-electron chi connectivity index (χ2n) is 11.7. The van der Waals surface area contributed by atoms with Gasteiger partial charge in [0, 0.05) is 24.2 Å². The zero-order chi connectivity index (χ0) is 35.5. The number of nitrogens with zero attached hydrogens (tertiary/aromatic N) is 4. The number of aromatic nitrogens is 3. The number of rotatable bonds is 10. The normalized spacial score (nSPS) is 14.3. The molecular weight excluding hydrogens is 657 g/mol. The molecule has 2 aromatic heterocycles. The highest BCUT2D eigenvalue weighted by Gasteiger charge is 2.34. The lowest BCUT2D eigenvalue weighted by Gasteiger charge is -2.25. The molecule has 5 aromatic rings. The second kappa shape index (κ2) is 14.4. The van der Waals surface area contributed by atoms with Crippen LogP contribution in [-0.4, -0.2) is 46.1 Å². The summed E-state index contributed by atoms with van der Waals surface area (Å²) in [7, 11) is 1.45. The molecule has 0 saturated heterocycles. The van der Waals surface area contributed by atoms with E-state index in [1.54, 1.807) is 42.8 Å². The lowest BCUT2D eigenvalue weighted by Crippen LogP contribution is -2.40. The van der Waals surface area contributed by atoms with Crippen LogP contribution in [0.15, 0.2) is 100 Å². The molecule has 3 heterocycles. The summed E-state index contributed by atoms with van der Waals surface area (Å²) in [5, 5.41) is 4.92. The van der Waals surface area contributed by atoms with Gasteiger partial charge in [-0.25, -0.2) is 14.5 Å². The number of carbonyl (C=O) groups excluding carboxylic acids is 2. The van der Waals surface area contributed by atoms with Crippen LogP contribution in [0.25, 0.3) is 23.0 Å². The SMILES string of the molecule is CCOC(=O)C1=C(C)N=c2sc(=Cc3cn(-c4ccccc4)nc3-c3ccc(OC(C)C)cc3)c(=O)n2C1c1ccc(OC(C)=O)c(OC)c1.